The maximum Gasteiger partial charge on any atom is 0.202 e. The maximum atomic E-state index is 13.5. The first-order valence-corrected chi connectivity index (χ1v) is 5.27. The van der Waals surface area contributed by atoms with Gasteiger partial charge in [0.15, 0.2) is 11.6 Å². The molecular formula is C14H9F2NO. The molecule has 0 aliphatic heterocycles. The van der Waals surface area contributed by atoms with Gasteiger partial charge in [0, 0.05) is 0 Å². The van der Waals surface area contributed by atoms with Gasteiger partial charge in [0.25, 0.3) is 0 Å². The van der Waals surface area contributed by atoms with E-state index in [1.165, 1.54) is 12.1 Å². The van der Waals surface area contributed by atoms with Crippen molar-refractivity contribution in [2.75, 3.05) is 0 Å². The third-order valence-corrected chi connectivity index (χ3v) is 2.40. The van der Waals surface area contributed by atoms with E-state index < -0.39 is 11.6 Å². The van der Waals surface area contributed by atoms with Crippen molar-refractivity contribution < 1.29 is 13.5 Å². The zero-order chi connectivity index (χ0) is 13.0. The number of benzene rings is 2. The molecule has 90 valence electrons. The van der Waals surface area contributed by atoms with E-state index in [1.807, 2.05) is 30.3 Å². The number of rotatable bonds is 3. The molecule has 2 aromatic carbocycles. The van der Waals surface area contributed by atoms with Crippen LogP contribution in [-0.4, -0.2) is 0 Å². The molecule has 0 aliphatic rings. The first-order valence-electron chi connectivity index (χ1n) is 5.27. The highest BCUT2D eigenvalue weighted by Crippen LogP contribution is 2.23. The summed E-state index contributed by atoms with van der Waals surface area (Å²) < 4.78 is 32.0. The van der Waals surface area contributed by atoms with Crippen LogP contribution in [0.4, 0.5) is 8.78 Å². The SMILES string of the molecule is N#Cc1ccc(OCc2ccccc2)c(F)c1F. The molecule has 0 saturated heterocycles. The fourth-order valence-electron chi connectivity index (χ4n) is 1.46. The second-order valence-electron chi connectivity index (χ2n) is 3.63. The van der Waals surface area contributed by atoms with Gasteiger partial charge >= 0.3 is 0 Å². The summed E-state index contributed by atoms with van der Waals surface area (Å²) in [4.78, 5) is 0. The van der Waals surface area contributed by atoms with E-state index in [1.54, 1.807) is 6.07 Å². The number of hydrogen-bond donors (Lipinski definition) is 0. The third-order valence-electron chi connectivity index (χ3n) is 2.40. The van der Waals surface area contributed by atoms with Crippen LogP contribution in [0.5, 0.6) is 5.75 Å². The van der Waals surface area contributed by atoms with Gasteiger partial charge in [-0.05, 0) is 17.7 Å². The molecule has 0 amide bonds. The van der Waals surface area contributed by atoms with E-state index in [0.29, 0.717) is 0 Å². The smallest absolute Gasteiger partial charge is 0.202 e. The van der Waals surface area contributed by atoms with Gasteiger partial charge in [-0.15, -0.1) is 0 Å². The zero-order valence-corrected chi connectivity index (χ0v) is 9.36. The second-order valence-corrected chi connectivity index (χ2v) is 3.63. The Bertz CT molecular complexity index is 591. The van der Waals surface area contributed by atoms with Crippen LogP contribution in [0.2, 0.25) is 0 Å². The molecular weight excluding hydrogens is 236 g/mol. The van der Waals surface area contributed by atoms with E-state index in [4.69, 9.17) is 10.00 Å². The van der Waals surface area contributed by atoms with Gasteiger partial charge in [-0.25, -0.2) is 4.39 Å². The molecule has 18 heavy (non-hydrogen) atoms. The Kier molecular flexibility index (Phi) is 3.54. The van der Waals surface area contributed by atoms with Crippen molar-refractivity contribution in [2.45, 2.75) is 6.61 Å². The van der Waals surface area contributed by atoms with Gasteiger partial charge in [0.05, 0.1) is 5.56 Å². The molecule has 0 heterocycles. The quantitative estimate of drug-likeness (QED) is 0.830. The van der Waals surface area contributed by atoms with E-state index in [-0.39, 0.29) is 17.9 Å². The Morgan fingerprint density at radius 1 is 1.00 bits per heavy atom. The summed E-state index contributed by atoms with van der Waals surface area (Å²) in [6.45, 7) is 0.142. The second kappa shape index (κ2) is 5.28. The monoisotopic (exact) mass is 245 g/mol. The molecule has 0 bridgehead atoms. The normalized spacial score (nSPS) is 9.83. The maximum absolute atomic E-state index is 13.5. The minimum Gasteiger partial charge on any atom is -0.486 e. The average molecular weight is 245 g/mol. The highest BCUT2D eigenvalue weighted by Gasteiger charge is 2.14. The topological polar surface area (TPSA) is 33.0 Å². The molecule has 0 saturated carbocycles. The molecule has 0 N–H and O–H groups in total. The van der Waals surface area contributed by atoms with Gasteiger partial charge in [0.2, 0.25) is 5.82 Å². The van der Waals surface area contributed by atoms with Gasteiger partial charge in [-0.3, -0.25) is 0 Å². The summed E-state index contributed by atoms with van der Waals surface area (Å²) in [5.74, 6) is -2.51. The molecule has 0 atom stereocenters. The number of nitrogens with zero attached hydrogens (tertiary/aromatic N) is 1. The van der Waals surface area contributed by atoms with Crippen molar-refractivity contribution in [2.24, 2.45) is 0 Å². The summed E-state index contributed by atoms with van der Waals surface area (Å²) in [5, 5.41) is 8.54. The lowest BCUT2D eigenvalue weighted by Gasteiger charge is -2.08. The molecule has 2 aromatic rings. The Labute approximate surface area is 103 Å². The Balaban J connectivity index is 2.16. The van der Waals surface area contributed by atoms with Crippen molar-refractivity contribution in [3.8, 4) is 11.8 Å². The molecule has 0 unspecified atom stereocenters. The molecule has 0 radical (unpaired) electrons. The molecule has 0 fully saturated rings. The lowest BCUT2D eigenvalue weighted by molar-refractivity contribution is 0.284. The molecule has 0 spiro atoms. The van der Waals surface area contributed by atoms with Crippen molar-refractivity contribution in [1.29, 1.82) is 5.26 Å². The number of halogens is 2. The summed E-state index contributed by atoms with van der Waals surface area (Å²) in [5.41, 5.74) is 0.515. The van der Waals surface area contributed by atoms with E-state index in [9.17, 15) is 8.78 Å². The predicted molar refractivity (Wildman–Crippen MR) is 61.8 cm³/mol. The minimum atomic E-state index is -1.18. The van der Waals surface area contributed by atoms with Crippen LogP contribution in [0, 0.1) is 23.0 Å². The summed E-state index contributed by atoms with van der Waals surface area (Å²) in [6, 6.07) is 13.2. The standard InChI is InChI=1S/C14H9F2NO/c15-13-11(8-17)6-7-12(14(13)16)18-9-10-4-2-1-3-5-10/h1-7H,9H2. The van der Waals surface area contributed by atoms with Gasteiger partial charge in [-0.1, -0.05) is 30.3 Å². The molecule has 0 aromatic heterocycles. The lowest BCUT2D eigenvalue weighted by Crippen LogP contribution is -2.00. The molecule has 0 aliphatic carbocycles. The van der Waals surface area contributed by atoms with E-state index in [2.05, 4.69) is 0 Å². The molecule has 2 nitrogen and oxygen atoms in total. The number of hydrogen-bond acceptors (Lipinski definition) is 2. The number of nitriles is 1. The fraction of sp³-hybridized carbons (Fsp3) is 0.0714. The summed E-state index contributed by atoms with van der Waals surface area (Å²) in [7, 11) is 0. The van der Waals surface area contributed by atoms with Crippen molar-refractivity contribution >= 4 is 0 Å². The van der Waals surface area contributed by atoms with Crippen LogP contribution in [-0.2, 0) is 6.61 Å². The van der Waals surface area contributed by atoms with E-state index >= 15 is 0 Å². The van der Waals surface area contributed by atoms with Crippen molar-refractivity contribution in [3.05, 3.63) is 65.2 Å². The van der Waals surface area contributed by atoms with Crippen LogP contribution >= 0.6 is 0 Å². The van der Waals surface area contributed by atoms with Crippen LogP contribution in [0.15, 0.2) is 42.5 Å². The first kappa shape index (κ1) is 12.1. The molecule has 4 heteroatoms. The Morgan fingerprint density at radius 3 is 2.39 bits per heavy atom. The number of ether oxygens (including phenoxy) is 1. The van der Waals surface area contributed by atoms with Crippen LogP contribution in [0.3, 0.4) is 0 Å². The van der Waals surface area contributed by atoms with Crippen LogP contribution in [0.25, 0.3) is 0 Å². The zero-order valence-electron chi connectivity index (χ0n) is 9.36. The first-order chi connectivity index (χ1) is 8.72. The Hall–Kier alpha value is -2.41. The van der Waals surface area contributed by atoms with Gasteiger partial charge in [-0.2, -0.15) is 9.65 Å². The highest BCUT2D eigenvalue weighted by atomic mass is 19.2. The van der Waals surface area contributed by atoms with Crippen LogP contribution < -0.4 is 4.74 Å². The highest BCUT2D eigenvalue weighted by molar-refractivity contribution is 5.37. The lowest BCUT2D eigenvalue weighted by atomic mass is 10.2. The van der Waals surface area contributed by atoms with Crippen LogP contribution in [0.1, 0.15) is 11.1 Å². The van der Waals surface area contributed by atoms with Gasteiger partial charge < -0.3 is 4.74 Å². The summed E-state index contributed by atoms with van der Waals surface area (Å²) in [6.07, 6.45) is 0. The molecule has 2 rings (SSSR count). The van der Waals surface area contributed by atoms with E-state index in [0.717, 1.165) is 5.56 Å². The Morgan fingerprint density at radius 2 is 1.72 bits per heavy atom. The summed E-state index contributed by atoms with van der Waals surface area (Å²) >= 11 is 0. The average Bonchev–Trinajstić information content (AvgIpc) is 2.42. The largest absolute Gasteiger partial charge is 0.486 e. The van der Waals surface area contributed by atoms with Crippen molar-refractivity contribution in [1.82, 2.24) is 0 Å². The third kappa shape index (κ3) is 2.46. The fourth-order valence-corrected chi connectivity index (χ4v) is 1.46. The predicted octanol–water partition coefficient (Wildman–Crippen LogP) is 3.42. The minimum absolute atomic E-state index is 0.142. The van der Waals surface area contributed by atoms with Crippen molar-refractivity contribution in [3.63, 3.8) is 0 Å². The van der Waals surface area contributed by atoms with Gasteiger partial charge in [0.1, 0.15) is 12.7 Å².